The number of carbonyl (C=O) groups excluding carboxylic acids is 2. The number of benzene rings is 2. The summed E-state index contributed by atoms with van der Waals surface area (Å²) in [6.07, 6.45) is 0.165. The lowest BCUT2D eigenvalue weighted by Gasteiger charge is -2.14. The number of halogens is 1. The van der Waals surface area contributed by atoms with E-state index in [9.17, 15) is 18.0 Å². The summed E-state index contributed by atoms with van der Waals surface area (Å²) in [5, 5.41) is 2.54. The molecule has 7 nitrogen and oxygen atoms in total. The summed E-state index contributed by atoms with van der Waals surface area (Å²) in [6, 6.07) is 12.1. The summed E-state index contributed by atoms with van der Waals surface area (Å²) in [6.45, 7) is 1.54. The lowest BCUT2D eigenvalue weighted by Crippen LogP contribution is -2.23. The predicted octanol–water partition coefficient (Wildman–Crippen LogP) is 3.56. The Hall–Kier alpha value is -2.07. The number of ether oxygens (including phenoxy) is 1. The van der Waals surface area contributed by atoms with Gasteiger partial charge in [-0.15, -0.1) is 11.8 Å². The molecule has 0 bridgehead atoms. The van der Waals surface area contributed by atoms with Crippen molar-refractivity contribution in [3.8, 4) is 0 Å². The SMILES string of the molecule is Cc1ccc(SCCC(=O)OCC(=O)Nc2ccc(Cl)c(S(=O)(=O)N(C)C)c2)cc1. The molecule has 0 aliphatic carbocycles. The fourth-order valence-electron chi connectivity index (χ4n) is 2.28. The first-order chi connectivity index (χ1) is 14.1. The number of nitrogens with one attached hydrogen (secondary N) is 1. The predicted molar refractivity (Wildman–Crippen MR) is 118 cm³/mol. The highest BCUT2D eigenvalue weighted by Crippen LogP contribution is 2.26. The molecule has 10 heteroatoms. The molecule has 0 aliphatic heterocycles. The molecule has 0 heterocycles. The summed E-state index contributed by atoms with van der Waals surface area (Å²) in [5.41, 5.74) is 1.40. The van der Waals surface area contributed by atoms with E-state index in [1.165, 1.54) is 44.1 Å². The Morgan fingerprint density at radius 3 is 2.43 bits per heavy atom. The Labute approximate surface area is 185 Å². The summed E-state index contributed by atoms with van der Waals surface area (Å²) >= 11 is 7.50. The molecule has 162 valence electrons. The number of hydrogen-bond donors (Lipinski definition) is 1. The van der Waals surface area contributed by atoms with Crippen LogP contribution >= 0.6 is 23.4 Å². The van der Waals surface area contributed by atoms with Crippen LogP contribution in [0.5, 0.6) is 0 Å². The Morgan fingerprint density at radius 2 is 1.80 bits per heavy atom. The van der Waals surface area contributed by atoms with Gasteiger partial charge in [0.15, 0.2) is 6.61 Å². The number of thioether (sulfide) groups is 1. The zero-order valence-corrected chi connectivity index (χ0v) is 19.2. The van der Waals surface area contributed by atoms with Crippen molar-refractivity contribution in [1.82, 2.24) is 4.31 Å². The van der Waals surface area contributed by atoms with Crippen molar-refractivity contribution in [3.63, 3.8) is 0 Å². The van der Waals surface area contributed by atoms with Crippen molar-refractivity contribution < 1.29 is 22.7 Å². The quantitative estimate of drug-likeness (QED) is 0.445. The third kappa shape index (κ3) is 7.02. The van der Waals surface area contributed by atoms with Crippen LogP contribution < -0.4 is 5.32 Å². The van der Waals surface area contributed by atoms with Gasteiger partial charge in [-0.3, -0.25) is 9.59 Å². The second kappa shape index (κ2) is 10.8. The normalized spacial score (nSPS) is 11.4. The zero-order valence-electron chi connectivity index (χ0n) is 16.8. The van der Waals surface area contributed by atoms with Crippen LogP contribution in [0, 0.1) is 6.92 Å². The lowest BCUT2D eigenvalue weighted by atomic mass is 10.2. The van der Waals surface area contributed by atoms with E-state index in [2.05, 4.69) is 5.32 Å². The van der Waals surface area contributed by atoms with Gasteiger partial charge in [-0.2, -0.15) is 0 Å². The Morgan fingerprint density at radius 1 is 1.13 bits per heavy atom. The molecule has 2 rings (SSSR count). The second-order valence-corrected chi connectivity index (χ2v) is 10.2. The molecule has 0 spiro atoms. The average Bonchev–Trinajstić information content (AvgIpc) is 2.69. The molecule has 0 saturated carbocycles. The van der Waals surface area contributed by atoms with E-state index < -0.39 is 28.5 Å². The van der Waals surface area contributed by atoms with Crippen molar-refractivity contribution in [2.24, 2.45) is 0 Å². The van der Waals surface area contributed by atoms with E-state index in [0.29, 0.717) is 5.75 Å². The van der Waals surface area contributed by atoms with Crippen LogP contribution in [0.25, 0.3) is 0 Å². The summed E-state index contributed by atoms with van der Waals surface area (Å²) in [4.78, 5) is 24.8. The molecule has 1 N–H and O–H groups in total. The highest BCUT2D eigenvalue weighted by molar-refractivity contribution is 7.99. The van der Waals surface area contributed by atoms with Gasteiger partial charge in [-0.05, 0) is 37.3 Å². The summed E-state index contributed by atoms with van der Waals surface area (Å²) in [5.74, 6) is -0.534. The maximum atomic E-state index is 12.3. The van der Waals surface area contributed by atoms with Gasteiger partial charge in [0.05, 0.1) is 11.4 Å². The fourth-order valence-corrected chi connectivity index (χ4v) is 4.50. The average molecular weight is 471 g/mol. The van der Waals surface area contributed by atoms with Crippen molar-refractivity contribution in [1.29, 1.82) is 0 Å². The Balaban J connectivity index is 1.83. The van der Waals surface area contributed by atoms with Crippen LogP contribution in [0.2, 0.25) is 5.02 Å². The Bertz CT molecular complexity index is 1010. The number of hydrogen-bond acceptors (Lipinski definition) is 6. The highest BCUT2D eigenvalue weighted by Gasteiger charge is 2.21. The highest BCUT2D eigenvalue weighted by atomic mass is 35.5. The van der Waals surface area contributed by atoms with E-state index in [1.54, 1.807) is 0 Å². The maximum Gasteiger partial charge on any atom is 0.307 e. The first kappa shape index (κ1) is 24.2. The molecule has 0 saturated heterocycles. The van der Waals surface area contributed by atoms with Gasteiger partial charge < -0.3 is 10.1 Å². The standard InChI is InChI=1S/C20H23ClN2O5S2/c1-14-4-7-16(8-5-14)29-11-10-20(25)28-13-19(24)22-15-6-9-17(21)18(12-15)30(26,27)23(2)3/h4-9,12H,10-11,13H2,1-3H3,(H,22,24). The van der Waals surface area contributed by atoms with Gasteiger partial charge in [-0.25, -0.2) is 12.7 Å². The third-order valence-corrected chi connectivity index (χ3v) is 7.24. The van der Waals surface area contributed by atoms with Crippen molar-refractivity contribution >= 4 is 50.9 Å². The van der Waals surface area contributed by atoms with E-state index in [4.69, 9.17) is 16.3 Å². The van der Waals surface area contributed by atoms with Gasteiger partial charge in [0.25, 0.3) is 5.91 Å². The zero-order chi connectivity index (χ0) is 22.3. The number of sulfonamides is 1. The minimum atomic E-state index is -3.76. The van der Waals surface area contributed by atoms with Gasteiger partial charge >= 0.3 is 5.97 Å². The van der Waals surface area contributed by atoms with Crippen LogP contribution in [-0.2, 0) is 24.3 Å². The number of anilines is 1. The van der Waals surface area contributed by atoms with E-state index in [0.717, 1.165) is 14.8 Å². The smallest absolute Gasteiger partial charge is 0.307 e. The van der Waals surface area contributed by atoms with Crippen LogP contribution in [-0.4, -0.2) is 51.1 Å². The molecule has 2 aromatic rings. The van der Waals surface area contributed by atoms with Gasteiger partial charge in [0.2, 0.25) is 10.0 Å². The summed E-state index contributed by atoms with van der Waals surface area (Å²) in [7, 11) is -1.000. The molecule has 0 unspecified atom stereocenters. The molecule has 0 aliphatic rings. The molecular formula is C20H23ClN2O5S2. The first-order valence-electron chi connectivity index (χ1n) is 8.96. The molecule has 0 fully saturated rings. The van der Waals surface area contributed by atoms with Crippen molar-refractivity contribution in [2.75, 3.05) is 31.8 Å². The number of esters is 1. The van der Waals surface area contributed by atoms with Crippen molar-refractivity contribution in [2.45, 2.75) is 23.1 Å². The molecular weight excluding hydrogens is 448 g/mol. The van der Waals surface area contributed by atoms with E-state index >= 15 is 0 Å². The molecule has 2 aromatic carbocycles. The van der Waals surface area contributed by atoms with E-state index in [-0.39, 0.29) is 22.0 Å². The molecule has 0 radical (unpaired) electrons. The van der Waals surface area contributed by atoms with Gasteiger partial charge in [-0.1, -0.05) is 29.3 Å². The van der Waals surface area contributed by atoms with Crippen LogP contribution in [0.4, 0.5) is 5.69 Å². The van der Waals surface area contributed by atoms with Gasteiger partial charge in [0, 0.05) is 30.4 Å². The van der Waals surface area contributed by atoms with Gasteiger partial charge in [0.1, 0.15) is 4.90 Å². The largest absolute Gasteiger partial charge is 0.456 e. The third-order valence-electron chi connectivity index (χ3n) is 3.93. The van der Waals surface area contributed by atoms with E-state index in [1.807, 2.05) is 31.2 Å². The number of amides is 1. The monoisotopic (exact) mass is 470 g/mol. The number of rotatable bonds is 9. The molecule has 0 atom stereocenters. The lowest BCUT2D eigenvalue weighted by molar-refractivity contribution is -0.146. The van der Waals surface area contributed by atoms with Crippen LogP contribution in [0.3, 0.4) is 0 Å². The molecule has 30 heavy (non-hydrogen) atoms. The topological polar surface area (TPSA) is 92.8 Å². The summed E-state index contributed by atoms with van der Waals surface area (Å²) < 4.78 is 30.6. The number of nitrogens with zero attached hydrogens (tertiary/aromatic N) is 1. The van der Waals surface area contributed by atoms with Crippen molar-refractivity contribution in [3.05, 3.63) is 53.1 Å². The maximum absolute atomic E-state index is 12.3. The van der Waals surface area contributed by atoms with Crippen LogP contribution in [0.15, 0.2) is 52.3 Å². The fraction of sp³-hybridized carbons (Fsp3) is 0.300. The first-order valence-corrected chi connectivity index (χ1v) is 11.8. The number of carbonyl (C=O) groups is 2. The minimum absolute atomic E-state index is 0.0409. The number of aryl methyl sites for hydroxylation is 1. The Kier molecular flexibility index (Phi) is 8.72. The minimum Gasteiger partial charge on any atom is -0.456 e. The molecule has 1 amide bonds. The second-order valence-electron chi connectivity index (χ2n) is 6.55. The molecule has 0 aromatic heterocycles. The van der Waals surface area contributed by atoms with Crippen LogP contribution in [0.1, 0.15) is 12.0 Å².